The van der Waals surface area contributed by atoms with E-state index < -0.39 is 30.4 Å². The molecule has 2 aromatic carbocycles. The van der Waals surface area contributed by atoms with Crippen molar-refractivity contribution in [3.05, 3.63) is 53.1 Å². The van der Waals surface area contributed by atoms with E-state index in [0.29, 0.717) is 33.9 Å². The number of benzene rings is 2. The van der Waals surface area contributed by atoms with Crippen molar-refractivity contribution in [2.75, 3.05) is 12.1 Å². The molecule has 3 unspecified atom stereocenters. The van der Waals surface area contributed by atoms with Gasteiger partial charge in [-0.15, -0.1) is 0 Å². The predicted molar refractivity (Wildman–Crippen MR) is 113 cm³/mol. The first kappa shape index (κ1) is 21.0. The molecule has 3 aliphatic rings. The topological polar surface area (TPSA) is 149 Å². The Hall–Kier alpha value is -3.83. The van der Waals surface area contributed by atoms with Gasteiger partial charge in [-0.3, -0.25) is 9.59 Å². The highest BCUT2D eigenvalue weighted by atomic mass is 16.7. The molecular weight excluding hydrogens is 432 g/mol. The van der Waals surface area contributed by atoms with Crippen LogP contribution in [0, 0.1) is 0 Å². The number of hydrogen-bond donors (Lipinski definition) is 5. The minimum absolute atomic E-state index is 0.142. The molecular formula is C22H22N4O7. The molecule has 3 atom stereocenters. The van der Waals surface area contributed by atoms with Gasteiger partial charge >= 0.3 is 6.03 Å². The number of nitrogens with zero attached hydrogens (tertiary/aromatic N) is 1. The van der Waals surface area contributed by atoms with Crippen molar-refractivity contribution in [1.29, 1.82) is 0 Å². The van der Waals surface area contributed by atoms with Crippen LogP contribution in [0.25, 0.3) is 0 Å². The highest BCUT2D eigenvalue weighted by Gasteiger charge is 2.44. The first-order chi connectivity index (χ1) is 15.9. The minimum Gasteiger partial charge on any atom is -0.454 e. The van der Waals surface area contributed by atoms with Crippen LogP contribution in [0.15, 0.2) is 36.4 Å². The third-order valence-corrected chi connectivity index (χ3v) is 5.90. The van der Waals surface area contributed by atoms with Crippen LogP contribution in [0.1, 0.15) is 40.6 Å². The molecule has 0 aromatic heterocycles. The Kier molecular flexibility index (Phi) is 5.27. The van der Waals surface area contributed by atoms with Crippen LogP contribution in [-0.4, -0.2) is 52.0 Å². The van der Waals surface area contributed by atoms with Gasteiger partial charge in [-0.2, -0.15) is 0 Å². The maximum absolute atomic E-state index is 12.8. The van der Waals surface area contributed by atoms with Crippen molar-refractivity contribution >= 4 is 23.5 Å². The fraction of sp³-hybridized carbons (Fsp3) is 0.318. The molecule has 5 N–H and O–H groups in total. The Bertz CT molecular complexity index is 1140. The van der Waals surface area contributed by atoms with Gasteiger partial charge in [-0.05, 0) is 36.2 Å². The number of hydrogen-bond acceptors (Lipinski definition) is 7. The number of ether oxygens (including phenoxy) is 2. The third kappa shape index (κ3) is 3.92. The number of rotatable bonds is 4. The second-order valence-electron chi connectivity index (χ2n) is 8.00. The fourth-order valence-corrected chi connectivity index (χ4v) is 4.26. The summed E-state index contributed by atoms with van der Waals surface area (Å²) in [5, 5.41) is 28.8. The fourth-order valence-electron chi connectivity index (χ4n) is 4.26. The van der Waals surface area contributed by atoms with Crippen LogP contribution in [-0.2, 0) is 11.3 Å². The number of anilines is 1. The maximum Gasteiger partial charge on any atom is 0.319 e. The van der Waals surface area contributed by atoms with E-state index in [1.807, 2.05) is 0 Å². The second kappa shape index (κ2) is 8.26. The second-order valence-corrected chi connectivity index (χ2v) is 8.00. The Morgan fingerprint density at radius 1 is 1.12 bits per heavy atom. The van der Waals surface area contributed by atoms with Crippen LogP contribution in [0.2, 0.25) is 0 Å². The quantitative estimate of drug-likeness (QED) is 0.458. The SMILES string of the molecule is O=C1CCC(N2C(=O)c3ccc(CNC(=O)Nc4ccc5c(c4)OCO5)cc3C2O)C(O)N1. The van der Waals surface area contributed by atoms with Crippen LogP contribution < -0.4 is 25.4 Å². The van der Waals surface area contributed by atoms with Gasteiger partial charge in [0.2, 0.25) is 12.7 Å². The molecule has 11 nitrogen and oxygen atoms in total. The Labute approximate surface area is 188 Å². The number of aliphatic hydroxyl groups excluding tert-OH is 2. The molecule has 3 aliphatic heterocycles. The van der Waals surface area contributed by atoms with E-state index in [0.717, 1.165) is 0 Å². The first-order valence-electron chi connectivity index (χ1n) is 10.5. The molecule has 4 amide bonds. The Morgan fingerprint density at radius 2 is 1.94 bits per heavy atom. The summed E-state index contributed by atoms with van der Waals surface area (Å²) in [5.41, 5.74) is 1.93. The zero-order chi connectivity index (χ0) is 23.1. The van der Waals surface area contributed by atoms with Gasteiger partial charge in [0.15, 0.2) is 17.7 Å². The molecule has 3 heterocycles. The van der Waals surface area contributed by atoms with E-state index in [1.54, 1.807) is 36.4 Å². The third-order valence-electron chi connectivity index (χ3n) is 5.90. The van der Waals surface area contributed by atoms with Gasteiger partial charge in [0.25, 0.3) is 5.91 Å². The van der Waals surface area contributed by atoms with Gasteiger partial charge in [-0.25, -0.2) is 4.79 Å². The number of urea groups is 1. The average Bonchev–Trinajstić information content (AvgIpc) is 3.35. The van der Waals surface area contributed by atoms with E-state index in [9.17, 15) is 24.6 Å². The number of carbonyl (C=O) groups is 3. The standard InChI is InChI=1S/C22H22N4O7/c27-18-6-4-15(19(28)25-18)26-20(29)13-3-1-11(7-14(13)21(26)30)9-23-22(31)24-12-2-5-16-17(8-12)33-10-32-16/h1-3,5,7-8,15,19,21,28,30H,4,6,9-10H2,(H,25,27)(H2,23,24,31). The number of fused-ring (bicyclic) bond motifs is 2. The van der Waals surface area contributed by atoms with Gasteiger partial charge < -0.3 is 40.5 Å². The zero-order valence-electron chi connectivity index (χ0n) is 17.4. The number of nitrogens with one attached hydrogen (secondary N) is 3. The molecule has 172 valence electrons. The van der Waals surface area contributed by atoms with Gasteiger partial charge in [0, 0.05) is 35.8 Å². The smallest absolute Gasteiger partial charge is 0.319 e. The van der Waals surface area contributed by atoms with E-state index >= 15 is 0 Å². The molecule has 0 bridgehead atoms. The van der Waals surface area contributed by atoms with E-state index in [4.69, 9.17) is 9.47 Å². The Balaban J connectivity index is 1.23. The van der Waals surface area contributed by atoms with E-state index in [-0.39, 0.29) is 32.1 Å². The lowest BCUT2D eigenvalue weighted by Crippen LogP contribution is -2.56. The van der Waals surface area contributed by atoms with E-state index in [1.165, 1.54) is 4.90 Å². The molecule has 11 heteroatoms. The van der Waals surface area contributed by atoms with Gasteiger partial charge in [-0.1, -0.05) is 6.07 Å². The largest absolute Gasteiger partial charge is 0.454 e. The van der Waals surface area contributed by atoms with Crippen molar-refractivity contribution in [3.8, 4) is 11.5 Å². The highest BCUT2D eigenvalue weighted by Crippen LogP contribution is 2.36. The van der Waals surface area contributed by atoms with Crippen molar-refractivity contribution in [3.63, 3.8) is 0 Å². The summed E-state index contributed by atoms with van der Waals surface area (Å²) in [7, 11) is 0. The van der Waals surface area contributed by atoms with Gasteiger partial charge in [0.05, 0.1) is 6.04 Å². The van der Waals surface area contributed by atoms with Crippen LogP contribution >= 0.6 is 0 Å². The summed E-state index contributed by atoms with van der Waals surface area (Å²) < 4.78 is 10.5. The van der Waals surface area contributed by atoms with Crippen LogP contribution in [0.5, 0.6) is 11.5 Å². The average molecular weight is 454 g/mol. The van der Waals surface area contributed by atoms with Crippen molar-refractivity contribution < 1.29 is 34.1 Å². The number of piperidine rings is 1. The van der Waals surface area contributed by atoms with Crippen LogP contribution in [0.3, 0.4) is 0 Å². The predicted octanol–water partition coefficient (Wildman–Crippen LogP) is 0.781. The molecule has 5 rings (SSSR count). The number of carbonyl (C=O) groups excluding carboxylic acids is 3. The van der Waals surface area contributed by atoms with Crippen LogP contribution in [0.4, 0.5) is 10.5 Å². The van der Waals surface area contributed by atoms with E-state index in [2.05, 4.69) is 16.0 Å². The molecule has 1 saturated heterocycles. The highest BCUT2D eigenvalue weighted by molar-refractivity contribution is 5.99. The number of aliphatic hydroxyl groups is 2. The molecule has 0 aliphatic carbocycles. The molecule has 1 fully saturated rings. The Morgan fingerprint density at radius 3 is 2.76 bits per heavy atom. The maximum atomic E-state index is 12.8. The first-order valence-corrected chi connectivity index (χ1v) is 10.5. The lowest BCUT2D eigenvalue weighted by molar-refractivity contribution is -0.132. The normalized spacial score (nSPS) is 23.2. The van der Waals surface area contributed by atoms with Crippen molar-refractivity contribution in [2.45, 2.75) is 37.9 Å². The molecule has 0 saturated carbocycles. The lowest BCUT2D eigenvalue weighted by atomic mass is 10.0. The molecule has 2 aromatic rings. The molecule has 0 spiro atoms. The van der Waals surface area contributed by atoms with Crippen molar-refractivity contribution in [1.82, 2.24) is 15.5 Å². The summed E-state index contributed by atoms with van der Waals surface area (Å²) >= 11 is 0. The molecule has 33 heavy (non-hydrogen) atoms. The summed E-state index contributed by atoms with van der Waals surface area (Å²) in [4.78, 5) is 37.8. The molecule has 0 radical (unpaired) electrons. The summed E-state index contributed by atoms with van der Waals surface area (Å²) in [6.07, 6.45) is -2.11. The zero-order valence-corrected chi connectivity index (χ0v) is 17.4. The minimum atomic E-state index is -1.26. The number of amides is 4. The van der Waals surface area contributed by atoms with Gasteiger partial charge in [0.1, 0.15) is 6.23 Å². The summed E-state index contributed by atoms with van der Waals surface area (Å²) in [6.45, 7) is 0.302. The lowest BCUT2D eigenvalue weighted by Gasteiger charge is -2.37. The summed E-state index contributed by atoms with van der Waals surface area (Å²) in [6, 6.07) is 8.82. The van der Waals surface area contributed by atoms with Crippen molar-refractivity contribution in [2.24, 2.45) is 0 Å². The summed E-state index contributed by atoms with van der Waals surface area (Å²) in [5.74, 6) is 0.448. The monoisotopic (exact) mass is 454 g/mol.